The van der Waals surface area contributed by atoms with Gasteiger partial charge in [0.25, 0.3) is 0 Å². The van der Waals surface area contributed by atoms with Gasteiger partial charge in [0.15, 0.2) is 0 Å². The van der Waals surface area contributed by atoms with Crippen LogP contribution in [-0.2, 0) is 0 Å². The molecule has 0 saturated carbocycles. The molecule has 0 atom stereocenters. The summed E-state index contributed by atoms with van der Waals surface area (Å²) in [5.41, 5.74) is 2.00. The lowest BCUT2D eigenvalue weighted by molar-refractivity contribution is 0.203. The van der Waals surface area contributed by atoms with Gasteiger partial charge in [-0.1, -0.05) is 32.4 Å². The van der Waals surface area contributed by atoms with E-state index >= 15 is 0 Å². The van der Waals surface area contributed by atoms with Crippen molar-refractivity contribution in [3.8, 4) is 0 Å². The Morgan fingerprint density at radius 3 is 2.50 bits per heavy atom. The smallest absolute Gasteiger partial charge is 0.0166 e. The molecule has 0 amide bonds. The summed E-state index contributed by atoms with van der Waals surface area (Å²) in [5, 5.41) is 0. The highest BCUT2D eigenvalue weighted by Gasteiger charge is 2.17. The first-order valence-electron chi connectivity index (χ1n) is 4.85. The van der Waals surface area contributed by atoms with E-state index in [1.54, 1.807) is 5.57 Å². The van der Waals surface area contributed by atoms with Crippen molar-refractivity contribution in [2.45, 2.75) is 34.1 Å². The van der Waals surface area contributed by atoms with E-state index < -0.39 is 0 Å². The van der Waals surface area contributed by atoms with E-state index in [4.69, 9.17) is 0 Å². The molecule has 70 valence electrons. The third-order valence-corrected chi connectivity index (χ3v) is 2.22. The van der Waals surface area contributed by atoms with Crippen molar-refractivity contribution in [1.82, 2.24) is 4.90 Å². The monoisotopic (exact) mass is 167 g/mol. The molecule has 1 aliphatic heterocycles. The molecule has 0 aromatic carbocycles. The van der Waals surface area contributed by atoms with Gasteiger partial charge < -0.3 is 0 Å². The largest absolute Gasteiger partial charge is 0.299 e. The predicted octanol–water partition coefficient (Wildman–Crippen LogP) is 2.68. The summed E-state index contributed by atoms with van der Waals surface area (Å²) in [4.78, 5) is 2.53. The molecule has 0 aromatic heterocycles. The van der Waals surface area contributed by atoms with E-state index in [1.165, 1.54) is 19.5 Å². The van der Waals surface area contributed by atoms with E-state index in [9.17, 15) is 0 Å². The molecule has 0 aromatic rings. The van der Waals surface area contributed by atoms with Crippen LogP contribution in [0.4, 0.5) is 0 Å². The Morgan fingerprint density at radius 1 is 1.42 bits per heavy atom. The van der Waals surface area contributed by atoms with Gasteiger partial charge in [-0.25, -0.2) is 0 Å². The highest BCUT2D eigenvalue weighted by atomic mass is 15.1. The summed E-state index contributed by atoms with van der Waals surface area (Å²) >= 11 is 0. The second kappa shape index (κ2) is 3.61. The molecule has 0 bridgehead atoms. The van der Waals surface area contributed by atoms with Gasteiger partial charge in [0.1, 0.15) is 0 Å². The van der Waals surface area contributed by atoms with Crippen LogP contribution in [0.3, 0.4) is 0 Å². The van der Waals surface area contributed by atoms with Crippen LogP contribution in [0.5, 0.6) is 0 Å². The van der Waals surface area contributed by atoms with E-state index in [0.717, 1.165) is 6.54 Å². The first-order chi connectivity index (χ1) is 5.47. The number of rotatable bonds is 1. The molecule has 0 spiro atoms. The summed E-state index contributed by atoms with van der Waals surface area (Å²) in [6, 6.07) is 0. The molecule has 0 radical (unpaired) electrons. The van der Waals surface area contributed by atoms with Gasteiger partial charge in [0, 0.05) is 19.6 Å². The average molecular weight is 167 g/mol. The molecule has 12 heavy (non-hydrogen) atoms. The molecule has 1 heterocycles. The number of nitrogens with zero attached hydrogens (tertiary/aromatic N) is 1. The molecule has 1 aliphatic rings. The lowest BCUT2D eigenvalue weighted by Gasteiger charge is -2.31. The first-order valence-corrected chi connectivity index (χ1v) is 4.85. The average Bonchev–Trinajstić information content (AvgIpc) is 1.91. The Balaban J connectivity index is 2.37. The van der Waals surface area contributed by atoms with Crippen molar-refractivity contribution in [3.05, 3.63) is 11.6 Å². The van der Waals surface area contributed by atoms with E-state index in [-0.39, 0.29) is 0 Å². The summed E-state index contributed by atoms with van der Waals surface area (Å²) in [6.45, 7) is 12.8. The van der Waals surface area contributed by atoms with Crippen molar-refractivity contribution < 1.29 is 0 Å². The van der Waals surface area contributed by atoms with Crippen molar-refractivity contribution >= 4 is 0 Å². The maximum absolute atomic E-state index is 2.53. The number of hydrogen-bond acceptors (Lipinski definition) is 1. The Bertz CT molecular complexity index is 174. The summed E-state index contributed by atoms with van der Waals surface area (Å²) in [6.07, 6.45) is 3.62. The highest BCUT2D eigenvalue weighted by Crippen LogP contribution is 2.18. The van der Waals surface area contributed by atoms with Crippen LogP contribution in [0.2, 0.25) is 0 Å². The van der Waals surface area contributed by atoms with Gasteiger partial charge in [-0.05, 0) is 18.8 Å². The fourth-order valence-corrected chi connectivity index (χ4v) is 1.63. The lowest BCUT2D eigenvalue weighted by atomic mass is 9.95. The number of hydrogen-bond donors (Lipinski definition) is 0. The van der Waals surface area contributed by atoms with Gasteiger partial charge in [0.2, 0.25) is 0 Å². The third-order valence-electron chi connectivity index (χ3n) is 2.22. The zero-order valence-electron chi connectivity index (χ0n) is 8.85. The van der Waals surface area contributed by atoms with Crippen LogP contribution in [0, 0.1) is 5.41 Å². The Labute approximate surface area is 76.5 Å². The van der Waals surface area contributed by atoms with Crippen LogP contribution in [-0.4, -0.2) is 24.5 Å². The fourth-order valence-electron chi connectivity index (χ4n) is 1.63. The molecule has 0 N–H and O–H groups in total. The van der Waals surface area contributed by atoms with Crippen LogP contribution < -0.4 is 0 Å². The van der Waals surface area contributed by atoms with E-state index in [2.05, 4.69) is 38.7 Å². The molecule has 1 heteroatoms. The molecular weight excluding hydrogens is 146 g/mol. The standard InChI is InChI=1S/C11H21N/c1-10-5-7-12(8-6-10)9-11(2,3)4/h5H,6-9H2,1-4H3. The van der Waals surface area contributed by atoms with Gasteiger partial charge in [-0.3, -0.25) is 4.90 Å². The van der Waals surface area contributed by atoms with E-state index in [1.807, 2.05) is 0 Å². The fraction of sp³-hybridized carbons (Fsp3) is 0.818. The van der Waals surface area contributed by atoms with Crippen LogP contribution in [0.25, 0.3) is 0 Å². The zero-order chi connectivity index (χ0) is 9.19. The Kier molecular flexibility index (Phi) is 2.94. The first kappa shape index (κ1) is 9.79. The van der Waals surface area contributed by atoms with Gasteiger partial charge >= 0.3 is 0 Å². The SMILES string of the molecule is CC1=CCN(CC(C)(C)C)CC1. The molecule has 1 nitrogen and oxygen atoms in total. The minimum atomic E-state index is 0.444. The van der Waals surface area contributed by atoms with Crippen LogP contribution in [0.1, 0.15) is 34.1 Å². The predicted molar refractivity (Wildman–Crippen MR) is 54.3 cm³/mol. The minimum Gasteiger partial charge on any atom is -0.299 e. The van der Waals surface area contributed by atoms with Crippen molar-refractivity contribution in [2.75, 3.05) is 19.6 Å². The lowest BCUT2D eigenvalue weighted by Crippen LogP contribution is -2.35. The Hall–Kier alpha value is -0.300. The van der Waals surface area contributed by atoms with Gasteiger partial charge in [0.05, 0.1) is 0 Å². The quantitative estimate of drug-likeness (QED) is 0.543. The molecule has 1 rings (SSSR count). The summed E-state index contributed by atoms with van der Waals surface area (Å²) in [5.74, 6) is 0. The van der Waals surface area contributed by atoms with Crippen LogP contribution in [0.15, 0.2) is 11.6 Å². The molecule has 0 unspecified atom stereocenters. The molecule has 0 saturated heterocycles. The van der Waals surface area contributed by atoms with Crippen LogP contribution >= 0.6 is 0 Å². The third kappa shape index (κ3) is 3.40. The molecule has 0 fully saturated rings. The second-order valence-electron chi connectivity index (χ2n) is 5.10. The van der Waals surface area contributed by atoms with E-state index in [0.29, 0.717) is 5.41 Å². The van der Waals surface area contributed by atoms with Crippen molar-refractivity contribution in [3.63, 3.8) is 0 Å². The molecular formula is C11H21N. The van der Waals surface area contributed by atoms with Crippen molar-refractivity contribution in [1.29, 1.82) is 0 Å². The highest BCUT2D eigenvalue weighted by molar-refractivity contribution is 5.03. The maximum atomic E-state index is 2.53. The minimum absolute atomic E-state index is 0.444. The summed E-state index contributed by atoms with van der Waals surface area (Å²) in [7, 11) is 0. The maximum Gasteiger partial charge on any atom is 0.0166 e. The topological polar surface area (TPSA) is 3.24 Å². The normalized spacial score (nSPS) is 20.8. The second-order valence-corrected chi connectivity index (χ2v) is 5.10. The summed E-state index contributed by atoms with van der Waals surface area (Å²) < 4.78 is 0. The van der Waals surface area contributed by atoms with Gasteiger partial charge in [-0.2, -0.15) is 0 Å². The van der Waals surface area contributed by atoms with Gasteiger partial charge in [-0.15, -0.1) is 0 Å². The molecule has 0 aliphatic carbocycles. The van der Waals surface area contributed by atoms with Crippen molar-refractivity contribution in [2.24, 2.45) is 5.41 Å². The Morgan fingerprint density at radius 2 is 2.08 bits per heavy atom. The zero-order valence-corrected chi connectivity index (χ0v) is 8.85.